The van der Waals surface area contributed by atoms with E-state index in [1.807, 2.05) is 6.92 Å². The van der Waals surface area contributed by atoms with Gasteiger partial charge in [0, 0.05) is 13.1 Å². The fraction of sp³-hybridized carbons (Fsp3) is 0.500. The molecule has 0 spiro atoms. The lowest BCUT2D eigenvalue weighted by atomic mass is 10.2. The van der Waals surface area contributed by atoms with Gasteiger partial charge in [0.25, 0.3) is 0 Å². The summed E-state index contributed by atoms with van der Waals surface area (Å²) in [6, 6.07) is 6.18. The Morgan fingerprint density at radius 2 is 2.09 bits per heavy atom. The van der Waals surface area contributed by atoms with E-state index in [2.05, 4.69) is 0 Å². The SMILES string of the molecule is CCOc1ccc(S(=O)(=O)N2CCOC(CC(=O)O)C2)cc1. The number of benzene rings is 1. The first-order valence-corrected chi connectivity index (χ1v) is 8.44. The molecule has 1 aromatic carbocycles. The van der Waals surface area contributed by atoms with E-state index in [1.54, 1.807) is 12.1 Å². The van der Waals surface area contributed by atoms with Gasteiger partial charge in [-0.1, -0.05) is 0 Å². The van der Waals surface area contributed by atoms with E-state index >= 15 is 0 Å². The first-order chi connectivity index (χ1) is 10.4. The van der Waals surface area contributed by atoms with Gasteiger partial charge < -0.3 is 14.6 Å². The number of hydrogen-bond donors (Lipinski definition) is 1. The fourth-order valence-corrected chi connectivity index (χ4v) is 3.71. The number of carboxylic acids is 1. The van der Waals surface area contributed by atoms with Gasteiger partial charge in [-0.2, -0.15) is 4.31 Å². The molecule has 0 bridgehead atoms. The predicted octanol–water partition coefficient (Wildman–Crippen LogP) is 0.950. The maximum Gasteiger partial charge on any atom is 0.306 e. The minimum Gasteiger partial charge on any atom is -0.494 e. The van der Waals surface area contributed by atoms with Crippen molar-refractivity contribution in [1.29, 1.82) is 0 Å². The van der Waals surface area contributed by atoms with Crippen LogP contribution in [0.4, 0.5) is 0 Å². The second-order valence-electron chi connectivity index (χ2n) is 4.86. The van der Waals surface area contributed by atoms with Crippen LogP contribution >= 0.6 is 0 Å². The normalized spacial score (nSPS) is 19.8. The number of aliphatic carboxylic acids is 1. The topological polar surface area (TPSA) is 93.1 Å². The summed E-state index contributed by atoms with van der Waals surface area (Å²) in [5.41, 5.74) is 0. The Bertz CT molecular complexity index is 613. The highest BCUT2D eigenvalue weighted by atomic mass is 32.2. The zero-order valence-electron chi connectivity index (χ0n) is 12.3. The molecule has 22 heavy (non-hydrogen) atoms. The molecule has 1 aliphatic heterocycles. The van der Waals surface area contributed by atoms with Crippen molar-refractivity contribution < 1.29 is 27.8 Å². The molecule has 1 N–H and O–H groups in total. The molecule has 1 unspecified atom stereocenters. The Balaban J connectivity index is 2.13. The molecular formula is C14H19NO6S. The van der Waals surface area contributed by atoms with Gasteiger partial charge in [-0.05, 0) is 31.2 Å². The summed E-state index contributed by atoms with van der Waals surface area (Å²) in [4.78, 5) is 10.9. The van der Waals surface area contributed by atoms with Crippen LogP contribution in [0.2, 0.25) is 0 Å². The number of carbonyl (C=O) groups is 1. The number of hydrogen-bond acceptors (Lipinski definition) is 5. The lowest BCUT2D eigenvalue weighted by Crippen LogP contribution is -2.46. The highest BCUT2D eigenvalue weighted by molar-refractivity contribution is 7.89. The van der Waals surface area contributed by atoms with Crippen molar-refractivity contribution in [2.75, 3.05) is 26.3 Å². The van der Waals surface area contributed by atoms with Crippen LogP contribution in [-0.2, 0) is 19.6 Å². The molecule has 8 heteroatoms. The van der Waals surface area contributed by atoms with Gasteiger partial charge in [-0.15, -0.1) is 0 Å². The van der Waals surface area contributed by atoms with Crippen molar-refractivity contribution >= 4 is 16.0 Å². The maximum atomic E-state index is 12.6. The molecule has 1 aliphatic rings. The first-order valence-electron chi connectivity index (χ1n) is 7.00. The molecule has 1 aromatic rings. The molecule has 0 aromatic heterocycles. The second kappa shape index (κ2) is 7.08. The minimum atomic E-state index is -3.66. The van der Waals surface area contributed by atoms with Crippen molar-refractivity contribution in [2.24, 2.45) is 0 Å². The van der Waals surface area contributed by atoms with Gasteiger partial charge in [-0.25, -0.2) is 8.42 Å². The third-order valence-corrected chi connectivity index (χ3v) is 5.16. The summed E-state index contributed by atoms with van der Waals surface area (Å²) in [5.74, 6) is -0.405. The molecule has 0 saturated carbocycles. The van der Waals surface area contributed by atoms with Crippen LogP contribution in [0.1, 0.15) is 13.3 Å². The largest absolute Gasteiger partial charge is 0.494 e. The van der Waals surface area contributed by atoms with Crippen molar-refractivity contribution in [1.82, 2.24) is 4.31 Å². The zero-order chi connectivity index (χ0) is 16.2. The number of rotatable bonds is 6. The third-order valence-electron chi connectivity index (χ3n) is 3.28. The summed E-state index contributed by atoms with van der Waals surface area (Å²) in [5, 5.41) is 8.79. The molecule has 2 rings (SSSR count). The number of nitrogens with zero attached hydrogens (tertiary/aromatic N) is 1. The monoisotopic (exact) mass is 329 g/mol. The van der Waals surface area contributed by atoms with Crippen LogP contribution in [0.5, 0.6) is 5.75 Å². The van der Waals surface area contributed by atoms with Gasteiger partial charge in [0.2, 0.25) is 10.0 Å². The van der Waals surface area contributed by atoms with E-state index in [4.69, 9.17) is 14.6 Å². The number of morpholine rings is 1. The first kappa shape index (κ1) is 16.7. The van der Waals surface area contributed by atoms with Crippen molar-refractivity contribution in [3.63, 3.8) is 0 Å². The van der Waals surface area contributed by atoms with Crippen LogP contribution in [-0.4, -0.2) is 56.2 Å². The number of sulfonamides is 1. The Hall–Kier alpha value is -1.64. The fourth-order valence-electron chi connectivity index (χ4n) is 2.25. The maximum absolute atomic E-state index is 12.6. The summed E-state index contributed by atoms with van der Waals surface area (Å²) in [6.07, 6.45) is -0.835. The molecule has 0 radical (unpaired) electrons. The predicted molar refractivity (Wildman–Crippen MR) is 78.4 cm³/mol. The van der Waals surface area contributed by atoms with Gasteiger partial charge in [-0.3, -0.25) is 4.79 Å². The second-order valence-corrected chi connectivity index (χ2v) is 6.80. The summed E-state index contributed by atoms with van der Waals surface area (Å²) < 4.78 is 37.0. The lowest BCUT2D eigenvalue weighted by Gasteiger charge is -2.31. The molecular weight excluding hydrogens is 310 g/mol. The Morgan fingerprint density at radius 1 is 1.41 bits per heavy atom. The minimum absolute atomic E-state index is 0.0435. The molecule has 0 aliphatic carbocycles. The highest BCUT2D eigenvalue weighted by Crippen LogP contribution is 2.22. The highest BCUT2D eigenvalue weighted by Gasteiger charge is 2.31. The van der Waals surface area contributed by atoms with Gasteiger partial charge in [0.1, 0.15) is 5.75 Å². The molecule has 0 amide bonds. The average Bonchev–Trinajstić information content (AvgIpc) is 2.48. The molecule has 1 atom stereocenters. The van der Waals surface area contributed by atoms with Crippen LogP contribution in [0.3, 0.4) is 0 Å². The van der Waals surface area contributed by atoms with E-state index in [1.165, 1.54) is 16.4 Å². The van der Waals surface area contributed by atoms with E-state index in [0.717, 1.165) is 0 Å². The standard InChI is InChI=1S/C14H19NO6S/c1-2-20-11-3-5-13(6-4-11)22(18,19)15-7-8-21-12(10-15)9-14(16)17/h3-6,12H,2,7-10H2,1H3,(H,16,17). The van der Waals surface area contributed by atoms with Crippen LogP contribution < -0.4 is 4.74 Å². The van der Waals surface area contributed by atoms with Gasteiger partial charge in [0.15, 0.2) is 0 Å². The number of carboxylic acid groups (broad SMARTS) is 1. The summed E-state index contributed by atoms with van der Waals surface area (Å²) >= 11 is 0. The van der Waals surface area contributed by atoms with E-state index in [0.29, 0.717) is 12.4 Å². The van der Waals surface area contributed by atoms with E-state index < -0.39 is 22.1 Å². The van der Waals surface area contributed by atoms with Crippen molar-refractivity contribution in [2.45, 2.75) is 24.3 Å². The Morgan fingerprint density at radius 3 is 2.68 bits per heavy atom. The van der Waals surface area contributed by atoms with E-state index in [9.17, 15) is 13.2 Å². The van der Waals surface area contributed by atoms with E-state index in [-0.39, 0.29) is 31.0 Å². The summed E-state index contributed by atoms with van der Waals surface area (Å²) in [7, 11) is -3.66. The average molecular weight is 329 g/mol. The van der Waals surface area contributed by atoms with Gasteiger partial charge >= 0.3 is 5.97 Å². The zero-order valence-corrected chi connectivity index (χ0v) is 13.1. The number of ether oxygens (including phenoxy) is 2. The molecule has 7 nitrogen and oxygen atoms in total. The quantitative estimate of drug-likeness (QED) is 0.835. The molecule has 122 valence electrons. The van der Waals surface area contributed by atoms with Gasteiger partial charge in [0.05, 0.1) is 30.6 Å². The smallest absolute Gasteiger partial charge is 0.306 e. The summed E-state index contributed by atoms with van der Waals surface area (Å²) in [6.45, 7) is 2.80. The Labute approximate surface area is 129 Å². The lowest BCUT2D eigenvalue weighted by molar-refractivity contribution is -0.141. The van der Waals surface area contributed by atoms with Crippen molar-refractivity contribution in [3.05, 3.63) is 24.3 Å². The van der Waals surface area contributed by atoms with Crippen LogP contribution in [0, 0.1) is 0 Å². The molecule has 1 saturated heterocycles. The van der Waals surface area contributed by atoms with Crippen LogP contribution in [0.25, 0.3) is 0 Å². The molecule has 1 heterocycles. The third kappa shape index (κ3) is 3.96. The molecule has 1 fully saturated rings. The Kier molecular flexibility index (Phi) is 5.38. The van der Waals surface area contributed by atoms with Crippen LogP contribution in [0.15, 0.2) is 29.2 Å². The van der Waals surface area contributed by atoms with Crippen molar-refractivity contribution in [3.8, 4) is 5.75 Å².